The summed E-state index contributed by atoms with van der Waals surface area (Å²) in [6, 6.07) is 19.9. The van der Waals surface area contributed by atoms with Crippen molar-refractivity contribution in [3.05, 3.63) is 71.8 Å². The molecular weight excluding hydrogens is 270 g/mol. The average Bonchev–Trinajstić information content (AvgIpc) is 2.55. The molecule has 0 aliphatic heterocycles. The van der Waals surface area contributed by atoms with E-state index < -0.39 is 5.54 Å². The van der Waals surface area contributed by atoms with Crippen molar-refractivity contribution in [2.24, 2.45) is 0 Å². The summed E-state index contributed by atoms with van der Waals surface area (Å²) in [4.78, 5) is 0. The molecule has 1 atom stereocenters. The maximum Gasteiger partial charge on any atom is 0.104 e. The van der Waals surface area contributed by atoms with Crippen molar-refractivity contribution in [2.45, 2.75) is 38.8 Å². The summed E-state index contributed by atoms with van der Waals surface area (Å²) in [5.41, 5.74) is 1.49. The van der Waals surface area contributed by atoms with E-state index in [-0.39, 0.29) is 0 Å². The first-order valence-corrected chi connectivity index (χ1v) is 7.73. The van der Waals surface area contributed by atoms with Gasteiger partial charge in [0.05, 0.1) is 6.54 Å². The van der Waals surface area contributed by atoms with Gasteiger partial charge in [0, 0.05) is 5.56 Å². The van der Waals surface area contributed by atoms with E-state index in [1.54, 1.807) is 0 Å². The van der Waals surface area contributed by atoms with Gasteiger partial charge in [0.15, 0.2) is 0 Å². The number of nitrogens with zero attached hydrogens (tertiary/aromatic N) is 1. The maximum atomic E-state index is 10.6. The molecule has 2 aromatic rings. The fraction of sp³-hybridized carbons (Fsp3) is 0.300. The highest BCUT2D eigenvalue weighted by Gasteiger charge is 2.28. The highest BCUT2D eigenvalue weighted by Crippen LogP contribution is 2.21. The van der Waals surface area contributed by atoms with Gasteiger partial charge >= 0.3 is 0 Å². The van der Waals surface area contributed by atoms with Gasteiger partial charge in [-0.25, -0.2) is 0 Å². The van der Waals surface area contributed by atoms with Gasteiger partial charge in [-0.2, -0.15) is 5.06 Å². The molecule has 0 aromatic heterocycles. The Labute approximate surface area is 133 Å². The molecule has 0 spiro atoms. The van der Waals surface area contributed by atoms with Crippen molar-refractivity contribution >= 4 is 0 Å². The second-order valence-electron chi connectivity index (χ2n) is 5.68. The van der Waals surface area contributed by atoms with Crippen LogP contribution < -0.4 is 0 Å². The summed E-state index contributed by atoms with van der Waals surface area (Å²) in [5, 5.41) is 11.9. The molecule has 0 saturated carbocycles. The SMILES string of the molecule is CCCC(C)(C#Cc1ccccc1)N(O)Cc1ccccc1. The Morgan fingerprint density at radius 3 is 2.18 bits per heavy atom. The van der Waals surface area contributed by atoms with E-state index in [9.17, 15) is 5.21 Å². The molecule has 114 valence electrons. The lowest BCUT2D eigenvalue weighted by molar-refractivity contribution is -0.158. The van der Waals surface area contributed by atoms with Crippen LogP contribution >= 0.6 is 0 Å². The number of benzene rings is 2. The van der Waals surface area contributed by atoms with Gasteiger partial charge in [0.1, 0.15) is 5.54 Å². The van der Waals surface area contributed by atoms with Crippen LogP contribution in [0.15, 0.2) is 60.7 Å². The minimum Gasteiger partial charge on any atom is -0.312 e. The summed E-state index contributed by atoms with van der Waals surface area (Å²) in [7, 11) is 0. The van der Waals surface area contributed by atoms with E-state index in [1.165, 1.54) is 5.06 Å². The normalized spacial score (nSPS) is 13.3. The van der Waals surface area contributed by atoms with E-state index in [2.05, 4.69) is 18.8 Å². The first kappa shape index (κ1) is 16.3. The smallest absolute Gasteiger partial charge is 0.104 e. The second kappa shape index (κ2) is 7.79. The molecule has 0 amide bonds. The topological polar surface area (TPSA) is 23.5 Å². The summed E-state index contributed by atoms with van der Waals surface area (Å²) in [6.07, 6.45) is 1.78. The van der Waals surface area contributed by atoms with Crippen molar-refractivity contribution in [3.8, 4) is 11.8 Å². The van der Waals surface area contributed by atoms with E-state index in [0.29, 0.717) is 6.54 Å². The highest BCUT2D eigenvalue weighted by atomic mass is 16.5. The molecule has 22 heavy (non-hydrogen) atoms. The highest BCUT2D eigenvalue weighted by molar-refractivity contribution is 5.36. The first-order valence-electron chi connectivity index (χ1n) is 7.73. The molecule has 0 radical (unpaired) electrons. The van der Waals surface area contributed by atoms with Crippen molar-refractivity contribution in [3.63, 3.8) is 0 Å². The van der Waals surface area contributed by atoms with Crippen LogP contribution in [0.3, 0.4) is 0 Å². The molecule has 2 heteroatoms. The third-order valence-electron chi connectivity index (χ3n) is 3.73. The van der Waals surface area contributed by atoms with E-state index >= 15 is 0 Å². The molecule has 1 N–H and O–H groups in total. The van der Waals surface area contributed by atoms with Crippen molar-refractivity contribution in [1.82, 2.24) is 5.06 Å². The minimum absolute atomic E-state index is 0.473. The molecule has 2 nitrogen and oxygen atoms in total. The Morgan fingerprint density at radius 2 is 1.59 bits per heavy atom. The standard InChI is InChI=1S/C20H23NO/c1-3-15-20(2,16-14-18-10-6-4-7-11-18)21(22)17-19-12-8-5-9-13-19/h4-13,22H,3,15,17H2,1-2H3. The van der Waals surface area contributed by atoms with Gasteiger partial charge in [-0.05, 0) is 31.0 Å². The number of hydrogen-bond acceptors (Lipinski definition) is 2. The number of hydroxylamine groups is 2. The van der Waals surface area contributed by atoms with Gasteiger partial charge in [0.25, 0.3) is 0 Å². The zero-order valence-corrected chi connectivity index (χ0v) is 13.3. The van der Waals surface area contributed by atoms with E-state index in [4.69, 9.17) is 0 Å². The van der Waals surface area contributed by atoms with Crippen molar-refractivity contribution in [2.75, 3.05) is 0 Å². The van der Waals surface area contributed by atoms with Crippen molar-refractivity contribution < 1.29 is 5.21 Å². The van der Waals surface area contributed by atoms with Crippen LogP contribution in [0.1, 0.15) is 37.8 Å². The lowest BCUT2D eigenvalue weighted by atomic mass is 9.95. The van der Waals surface area contributed by atoms with E-state index in [0.717, 1.165) is 24.0 Å². The molecule has 0 bridgehead atoms. The largest absolute Gasteiger partial charge is 0.312 e. The van der Waals surface area contributed by atoms with Crippen LogP contribution in [0.2, 0.25) is 0 Å². The second-order valence-corrected chi connectivity index (χ2v) is 5.68. The van der Waals surface area contributed by atoms with Gasteiger partial charge in [-0.15, -0.1) is 0 Å². The van der Waals surface area contributed by atoms with Crippen LogP contribution in [-0.2, 0) is 6.54 Å². The van der Waals surface area contributed by atoms with E-state index in [1.807, 2.05) is 67.6 Å². The first-order chi connectivity index (χ1) is 10.6. The van der Waals surface area contributed by atoms with Crippen LogP contribution in [0.25, 0.3) is 0 Å². The molecule has 2 aromatic carbocycles. The summed E-state index contributed by atoms with van der Waals surface area (Å²) in [6.45, 7) is 4.58. The van der Waals surface area contributed by atoms with Crippen LogP contribution in [0.4, 0.5) is 0 Å². The average molecular weight is 293 g/mol. The molecule has 0 heterocycles. The fourth-order valence-electron chi connectivity index (χ4n) is 2.40. The monoisotopic (exact) mass is 293 g/mol. The zero-order valence-electron chi connectivity index (χ0n) is 13.3. The molecule has 0 fully saturated rings. The maximum absolute atomic E-state index is 10.6. The molecule has 0 aliphatic carbocycles. The van der Waals surface area contributed by atoms with Gasteiger partial charge in [-0.1, -0.05) is 73.7 Å². The van der Waals surface area contributed by atoms with Crippen molar-refractivity contribution in [1.29, 1.82) is 0 Å². The zero-order chi connectivity index (χ0) is 15.8. The van der Waals surface area contributed by atoms with Gasteiger partial charge in [0.2, 0.25) is 0 Å². The van der Waals surface area contributed by atoms with Crippen LogP contribution in [0.5, 0.6) is 0 Å². The Hall–Kier alpha value is -2.08. The predicted molar refractivity (Wildman–Crippen MR) is 90.4 cm³/mol. The third-order valence-corrected chi connectivity index (χ3v) is 3.73. The van der Waals surface area contributed by atoms with Crippen LogP contribution in [-0.4, -0.2) is 15.8 Å². The summed E-state index contributed by atoms with van der Waals surface area (Å²) >= 11 is 0. The third kappa shape index (κ3) is 4.46. The Kier molecular flexibility index (Phi) is 5.77. The predicted octanol–water partition coefficient (Wildman–Crippen LogP) is 4.49. The molecule has 1 unspecified atom stereocenters. The Balaban J connectivity index is 2.18. The molecule has 2 rings (SSSR count). The molecule has 0 saturated heterocycles. The molecular formula is C20H23NO. The minimum atomic E-state index is -0.555. The lowest BCUT2D eigenvalue weighted by Gasteiger charge is -2.32. The summed E-state index contributed by atoms with van der Waals surface area (Å²) < 4.78 is 0. The molecule has 0 aliphatic rings. The lowest BCUT2D eigenvalue weighted by Crippen LogP contribution is -2.42. The van der Waals surface area contributed by atoms with Crippen LogP contribution in [0, 0.1) is 11.8 Å². The van der Waals surface area contributed by atoms with Gasteiger partial charge in [-0.3, -0.25) is 0 Å². The summed E-state index contributed by atoms with van der Waals surface area (Å²) in [5.74, 6) is 6.44. The Morgan fingerprint density at radius 1 is 1.00 bits per heavy atom. The Bertz CT molecular complexity index is 627. The quantitative estimate of drug-likeness (QED) is 0.648. The van der Waals surface area contributed by atoms with Gasteiger partial charge < -0.3 is 5.21 Å². The number of rotatable bonds is 5. The fourth-order valence-corrected chi connectivity index (χ4v) is 2.40. The number of hydrogen-bond donors (Lipinski definition) is 1.